The van der Waals surface area contributed by atoms with E-state index in [-0.39, 0.29) is 6.04 Å². The Balaban J connectivity index is 2.45. The second-order valence-corrected chi connectivity index (χ2v) is 3.01. The van der Waals surface area contributed by atoms with Crippen LogP contribution in [0.1, 0.15) is 31.1 Å². The fourth-order valence-electron chi connectivity index (χ4n) is 1.04. The van der Waals surface area contributed by atoms with Crippen molar-refractivity contribution in [3.8, 4) is 12.3 Å². The molecule has 1 heterocycles. The second-order valence-electron chi connectivity index (χ2n) is 3.01. The van der Waals surface area contributed by atoms with Gasteiger partial charge in [-0.3, -0.25) is 0 Å². The van der Waals surface area contributed by atoms with Crippen molar-refractivity contribution in [3.63, 3.8) is 0 Å². The molecule has 1 atom stereocenters. The average molecular weight is 209 g/mol. The number of terminal acetylenes is 1. The molecule has 0 aromatic carbocycles. The van der Waals surface area contributed by atoms with E-state index in [2.05, 4.69) is 16.1 Å². The third-order valence-corrected chi connectivity index (χ3v) is 1.81. The summed E-state index contributed by atoms with van der Waals surface area (Å²) in [6.07, 6.45) is 6.15. The van der Waals surface area contributed by atoms with Crippen molar-refractivity contribution in [3.05, 3.63) is 11.7 Å². The first-order chi connectivity index (χ1) is 7.27. The van der Waals surface area contributed by atoms with Crippen molar-refractivity contribution in [1.29, 1.82) is 0 Å². The molecule has 82 valence electrons. The molecule has 0 aliphatic rings. The molecule has 0 saturated heterocycles. The second kappa shape index (κ2) is 6.17. The van der Waals surface area contributed by atoms with Gasteiger partial charge in [-0.25, -0.2) is 0 Å². The molecule has 0 fully saturated rings. The number of hydrogen-bond acceptors (Lipinski definition) is 5. The fourth-order valence-corrected chi connectivity index (χ4v) is 1.04. The first kappa shape index (κ1) is 11.7. The van der Waals surface area contributed by atoms with Gasteiger partial charge in [0.2, 0.25) is 5.89 Å². The zero-order valence-corrected chi connectivity index (χ0v) is 8.77. The van der Waals surface area contributed by atoms with Gasteiger partial charge in [0.05, 0.1) is 12.6 Å². The van der Waals surface area contributed by atoms with Gasteiger partial charge in [-0.05, 0) is 6.92 Å². The Kier molecular flexibility index (Phi) is 4.81. The van der Waals surface area contributed by atoms with Gasteiger partial charge in [0.25, 0.3) is 0 Å². The monoisotopic (exact) mass is 209 g/mol. The summed E-state index contributed by atoms with van der Waals surface area (Å²) in [4.78, 5) is 4.12. The number of ether oxygens (including phenoxy) is 1. The number of nitrogens with zero attached hydrogens (tertiary/aromatic N) is 2. The lowest BCUT2D eigenvalue weighted by atomic mass is 10.2. The molecule has 1 aromatic heterocycles. The Labute approximate surface area is 89.0 Å². The van der Waals surface area contributed by atoms with Gasteiger partial charge in [-0.15, -0.1) is 12.3 Å². The third-order valence-electron chi connectivity index (χ3n) is 1.81. The molecule has 1 unspecified atom stereocenters. The standard InChI is InChI=1S/C10H15N3O2/c1-3-5-8(11)10-12-9(13-15-10)6-7-14-4-2/h1,8H,4-7,11H2,2H3. The molecule has 0 bridgehead atoms. The van der Waals surface area contributed by atoms with E-state index >= 15 is 0 Å². The van der Waals surface area contributed by atoms with E-state index in [0.717, 1.165) is 0 Å². The van der Waals surface area contributed by atoms with Crippen LogP contribution in [0.5, 0.6) is 0 Å². The smallest absolute Gasteiger partial charge is 0.244 e. The molecule has 0 aliphatic carbocycles. The van der Waals surface area contributed by atoms with Gasteiger partial charge in [0.1, 0.15) is 0 Å². The summed E-state index contributed by atoms with van der Waals surface area (Å²) >= 11 is 0. The predicted molar refractivity (Wildman–Crippen MR) is 54.9 cm³/mol. The minimum atomic E-state index is -0.372. The minimum absolute atomic E-state index is 0.372. The summed E-state index contributed by atoms with van der Waals surface area (Å²) in [5.41, 5.74) is 5.70. The summed E-state index contributed by atoms with van der Waals surface area (Å²) in [6.45, 7) is 3.20. The highest BCUT2D eigenvalue weighted by atomic mass is 16.5. The van der Waals surface area contributed by atoms with E-state index < -0.39 is 0 Å². The quantitative estimate of drug-likeness (QED) is 0.550. The molecular formula is C10H15N3O2. The molecule has 0 spiro atoms. The molecule has 15 heavy (non-hydrogen) atoms. The van der Waals surface area contributed by atoms with Crippen molar-refractivity contribution in [2.45, 2.75) is 25.8 Å². The zero-order valence-electron chi connectivity index (χ0n) is 8.77. The van der Waals surface area contributed by atoms with Crippen molar-refractivity contribution in [2.75, 3.05) is 13.2 Å². The Hall–Kier alpha value is -1.38. The summed E-state index contributed by atoms with van der Waals surface area (Å²) in [5.74, 6) is 3.44. The largest absolute Gasteiger partial charge is 0.381 e. The molecular weight excluding hydrogens is 194 g/mol. The lowest BCUT2D eigenvalue weighted by molar-refractivity contribution is 0.149. The first-order valence-electron chi connectivity index (χ1n) is 4.87. The highest BCUT2D eigenvalue weighted by Gasteiger charge is 2.13. The van der Waals surface area contributed by atoms with Gasteiger partial charge in [0, 0.05) is 19.4 Å². The summed E-state index contributed by atoms with van der Waals surface area (Å²) in [5, 5.41) is 3.78. The highest BCUT2D eigenvalue weighted by molar-refractivity contribution is 4.98. The Morgan fingerprint density at radius 2 is 2.47 bits per heavy atom. The van der Waals surface area contributed by atoms with Crippen LogP contribution in [-0.2, 0) is 11.2 Å². The van der Waals surface area contributed by atoms with Crippen molar-refractivity contribution < 1.29 is 9.26 Å². The maximum atomic E-state index is 5.70. The van der Waals surface area contributed by atoms with E-state index in [0.29, 0.717) is 37.8 Å². The maximum absolute atomic E-state index is 5.70. The predicted octanol–water partition coefficient (Wildman–Crippen LogP) is 0.672. The van der Waals surface area contributed by atoms with E-state index in [1.165, 1.54) is 0 Å². The molecule has 2 N–H and O–H groups in total. The number of nitrogens with two attached hydrogens (primary N) is 1. The third kappa shape index (κ3) is 3.70. The van der Waals surface area contributed by atoms with Crippen LogP contribution in [0.2, 0.25) is 0 Å². The van der Waals surface area contributed by atoms with Gasteiger partial charge < -0.3 is 15.0 Å². The molecule has 5 nitrogen and oxygen atoms in total. The molecule has 0 amide bonds. The SMILES string of the molecule is C#CCC(N)c1nc(CCOCC)no1. The maximum Gasteiger partial charge on any atom is 0.244 e. The molecule has 5 heteroatoms. The highest BCUT2D eigenvalue weighted by Crippen LogP contribution is 2.10. The van der Waals surface area contributed by atoms with E-state index in [4.69, 9.17) is 21.4 Å². The number of aromatic nitrogens is 2. The molecule has 1 rings (SSSR count). The minimum Gasteiger partial charge on any atom is -0.381 e. The van der Waals surface area contributed by atoms with Crippen molar-refractivity contribution in [2.24, 2.45) is 5.73 Å². The van der Waals surface area contributed by atoms with Crippen molar-refractivity contribution in [1.82, 2.24) is 10.1 Å². The van der Waals surface area contributed by atoms with E-state index in [1.54, 1.807) is 0 Å². The van der Waals surface area contributed by atoms with Crippen LogP contribution in [0.3, 0.4) is 0 Å². The first-order valence-corrected chi connectivity index (χ1v) is 4.87. The summed E-state index contributed by atoms with van der Waals surface area (Å²) in [6, 6.07) is -0.372. The van der Waals surface area contributed by atoms with E-state index in [9.17, 15) is 0 Å². The lowest BCUT2D eigenvalue weighted by Crippen LogP contribution is -2.09. The van der Waals surface area contributed by atoms with Crippen LogP contribution < -0.4 is 5.73 Å². The molecule has 0 saturated carbocycles. The van der Waals surface area contributed by atoms with Gasteiger partial charge >= 0.3 is 0 Å². The van der Waals surface area contributed by atoms with Gasteiger partial charge in [-0.2, -0.15) is 4.98 Å². The van der Waals surface area contributed by atoms with Crippen LogP contribution in [0, 0.1) is 12.3 Å². The molecule has 0 aliphatic heterocycles. The topological polar surface area (TPSA) is 74.2 Å². The number of hydrogen-bond donors (Lipinski definition) is 1. The zero-order chi connectivity index (χ0) is 11.1. The van der Waals surface area contributed by atoms with Crippen molar-refractivity contribution >= 4 is 0 Å². The van der Waals surface area contributed by atoms with Gasteiger partial charge in [-0.1, -0.05) is 5.16 Å². The van der Waals surface area contributed by atoms with Crippen LogP contribution in [-0.4, -0.2) is 23.4 Å². The van der Waals surface area contributed by atoms with E-state index in [1.807, 2.05) is 6.92 Å². The molecule has 1 aromatic rings. The Bertz CT molecular complexity index is 330. The lowest BCUT2D eigenvalue weighted by Gasteiger charge is -1.98. The van der Waals surface area contributed by atoms with Gasteiger partial charge in [0.15, 0.2) is 5.82 Å². The average Bonchev–Trinajstić information content (AvgIpc) is 2.67. The summed E-state index contributed by atoms with van der Waals surface area (Å²) < 4.78 is 10.1. The summed E-state index contributed by atoms with van der Waals surface area (Å²) in [7, 11) is 0. The van der Waals surface area contributed by atoms with Crippen LogP contribution in [0.15, 0.2) is 4.52 Å². The Morgan fingerprint density at radius 3 is 3.13 bits per heavy atom. The Morgan fingerprint density at radius 1 is 1.67 bits per heavy atom. The molecule has 0 radical (unpaired) electrons. The van der Waals surface area contributed by atoms with Crippen LogP contribution in [0.25, 0.3) is 0 Å². The normalized spacial score (nSPS) is 12.3. The fraction of sp³-hybridized carbons (Fsp3) is 0.600. The van der Waals surface area contributed by atoms with Crippen LogP contribution in [0.4, 0.5) is 0 Å². The number of rotatable bonds is 6. The van der Waals surface area contributed by atoms with Crippen LogP contribution >= 0.6 is 0 Å².